The number of benzene rings is 1. The van der Waals surface area contributed by atoms with Gasteiger partial charge in [0.05, 0.1) is 49.7 Å². The lowest BCUT2D eigenvalue weighted by molar-refractivity contribution is -0.138. The SMILES string of the molecule is NC(C(O)CC(=O)NC(=O)[C@@H]1CN2CCC1CC2)C(C(=O)[C@H](Cc1c[nH]cn1)NC(=O)[C@H](Cc1ccccc1)NC(=O)N1CCOCC1)C1CCCCC1. The molecule has 5 heterocycles. The number of fused-ring (bicyclic) bond motifs is 3. The first-order valence-electron chi connectivity index (χ1n) is 19.6. The molecule has 54 heavy (non-hydrogen) atoms. The fourth-order valence-electron chi connectivity index (χ4n) is 8.74. The molecule has 7 N–H and O–H groups in total. The van der Waals surface area contributed by atoms with E-state index in [1.54, 1.807) is 11.1 Å². The number of urea groups is 1. The molecule has 15 heteroatoms. The van der Waals surface area contributed by atoms with E-state index in [0.29, 0.717) is 51.4 Å². The van der Waals surface area contributed by atoms with E-state index in [1.807, 2.05) is 30.3 Å². The van der Waals surface area contributed by atoms with E-state index in [2.05, 4.69) is 30.8 Å². The maximum Gasteiger partial charge on any atom is 0.318 e. The van der Waals surface area contributed by atoms with Crippen LogP contribution in [-0.2, 0) is 36.8 Å². The second kappa shape index (κ2) is 18.9. The van der Waals surface area contributed by atoms with Gasteiger partial charge in [0.25, 0.3) is 0 Å². The molecule has 5 aliphatic rings. The van der Waals surface area contributed by atoms with Crippen molar-refractivity contribution < 1.29 is 33.8 Å². The molecule has 2 aromatic rings. The van der Waals surface area contributed by atoms with Crippen molar-refractivity contribution in [3.63, 3.8) is 0 Å². The molecule has 1 aromatic carbocycles. The normalized spacial score (nSPS) is 24.4. The molecule has 7 rings (SSSR count). The van der Waals surface area contributed by atoms with Crippen molar-refractivity contribution in [1.82, 2.24) is 35.7 Å². The van der Waals surface area contributed by atoms with Gasteiger partial charge in [0, 0.05) is 50.6 Å². The fraction of sp³-hybridized carbons (Fsp3) is 0.641. The van der Waals surface area contributed by atoms with E-state index in [9.17, 15) is 29.1 Å². The molecule has 6 atom stereocenters. The second-order valence-electron chi connectivity index (χ2n) is 15.4. The first-order chi connectivity index (χ1) is 26.2. The molecule has 0 radical (unpaired) electrons. The molecule has 1 aromatic heterocycles. The minimum Gasteiger partial charge on any atom is -0.391 e. The lowest BCUT2D eigenvalue weighted by atomic mass is 9.71. The summed E-state index contributed by atoms with van der Waals surface area (Å²) in [5, 5.41) is 19.8. The molecule has 0 spiro atoms. The average molecular weight is 749 g/mol. The van der Waals surface area contributed by atoms with E-state index in [4.69, 9.17) is 10.5 Å². The lowest BCUT2D eigenvalue weighted by Crippen LogP contribution is -2.59. The minimum absolute atomic E-state index is 0.0458. The number of aromatic amines is 1. The largest absolute Gasteiger partial charge is 0.391 e. The van der Waals surface area contributed by atoms with E-state index in [1.165, 1.54) is 6.33 Å². The molecule has 5 fully saturated rings. The highest BCUT2D eigenvalue weighted by Crippen LogP contribution is 2.35. The zero-order valence-corrected chi connectivity index (χ0v) is 31.0. The molecule has 1 saturated carbocycles. The van der Waals surface area contributed by atoms with Crippen molar-refractivity contribution in [3.05, 3.63) is 54.1 Å². The van der Waals surface area contributed by atoms with Crippen LogP contribution in [-0.4, -0.2) is 125 Å². The fourth-order valence-corrected chi connectivity index (χ4v) is 8.74. The number of imide groups is 1. The summed E-state index contributed by atoms with van der Waals surface area (Å²) >= 11 is 0. The van der Waals surface area contributed by atoms with E-state index < -0.39 is 54.4 Å². The number of nitrogens with zero attached hydrogens (tertiary/aromatic N) is 3. The van der Waals surface area contributed by atoms with Gasteiger partial charge in [-0.05, 0) is 56.2 Å². The third-order valence-corrected chi connectivity index (χ3v) is 11.8. The van der Waals surface area contributed by atoms with Crippen molar-refractivity contribution in [1.29, 1.82) is 0 Å². The van der Waals surface area contributed by atoms with Crippen molar-refractivity contribution in [2.45, 2.75) is 88.4 Å². The van der Waals surface area contributed by atoms with Crippen LogP contribution in [0.15, 0.2) is 42.9 Å². The zero-order valence-electron chi connectivity index (χ0n) is 31.0. The number of hydrogen-bond donors (Lipinski definition) is 6. The zero-order chi connectivity index (χ0) is 38.0. The van der Waals surface area contributed by atoms with E-state index >= 15 is 0 Å². The first kappa shape index (κ1) is 39.5. The van der Waals surface area contributed by atoms with Gasteiger partial charge in [0.2, 0.25) is 17.7 Å². The lowest BCUT2D eigenvalue weighted by Gasteiger charge is -2.43. The Morgan fingerprint density at radius 1 is 0.926 bits per heavy atom. The number of nitrogens with one attached hydrogen (secondary N) is 4. The van der Waals surface area contributed by atoms with Crippen molar-refractivity contribution in [2.24, 2.45) is 29.4 Å². The maximum absolute atomic E-state index is 14.8. The standard InChI is InChI=1S/C39H56N8O7/c40-35(32(48)21-33(49)45-37(51)29-23-46-13-11-26(29)12-14-46)34(27-9-5-2-6-10-27)36(50)30(20-28-22-41-24-42-28)43-38(52)31(19-25-7-3-1-4-8-25)44-39(53)47-15-17-54-18-16-47/h1,3-4,7-8,22,24,26-27,29-32,34-35,48H,2,5-6,9-21,23,40H2,(H,41,42)(H,43,52)(H,44,53)(H,45,49,51)/t29-,30+,31+,32?,34?,35?/m1/s1. The smallest absolute Gasteiger partial charge is 0.318 e. The summed E-state index contributed by atoms with van der Waals surface area (Å²) in [5.41, 5.74) is 8.13. The highest BCUT2D eigenvalue weighted by molar-refractivity contribution is 5.97. The predicted octanol–water partition coefficient (Wildman–Crippen LogP) is 0.919. The van der Waals surface area contributed by atoms with Crippen LogP contribution in [0.5, 0.6) is 0 Å². The number of aromatic nitrogens is 2. The number of Topliss-reactive ketones (excluding diaryl/α,β-unsaturated/α-hetero) is 1. The quantitative estimate of drug-likeness (QED) is 0.152. The molecule has 4 aliphatic heterocycles. The second-order valence-corrected chi connectivity index (χ2v) is 15.4. The number of nitrogens with two attached hydrogens (primary N) is 1. The van der Waals surface area contributed by atoms with Crippen LogP contribution in [0.25, 0.3) is 0 Å². The maximum atomic E-state index is 14.8. The monoisotopic (exact) mass is 748 g/mol. The van der Waals surface area contributed by atoms with Gasteiger partial charge in [0.1, 0.15) is 6.04 Å². The third-order valence-electron chi connectivity index (χ3n) is 11.8. The van der Waals surface area contributed by atoms with Crippen molar-refractivity contribution in [3.8, 4) is 0 Å². The van der Waals surface area contributed by atoms with Gasteiger partial charge in [-0.15, -0.1) is 0 Å². The summed E-state index contributed by atoms with van der Waals surface area (Å²) < 4.78 is 5.39. The van der Waals surface area contributed by atoms with Gasteiger partial charge >= 0.3 is 6.03 Å². The topological polar surface area (TPSA) is 212 Å². The van der Waals surface area contributed by atoms with Crippen LogP contribution >= 0.6 is 0 Å². The van der Waals surface area contributed by atoms with Gasteiger partial charge in [-0.3, -0.25) is 24.5 Å². The number of ether oxygens (including phenoxy) is 1. The Kier molecular flexibility index (Phi) is 13.8. The Bertz CT molecular complexity index is 1560. The molecule has 1 aliphatic carbocycles. The van der Waals surface area contributed by atoms with Gasteiger partial charge in [-0.2, -0.15) is 0 Å². The van der Waals surface area contributed by atoms with Crippen LogP contribution in [0.4, 0.5) is 4.79 Å². The highest BCUT2D eigenvalue weighted by atomic mass is 16.5. The molecule has 294 valence electrons. The summed E-state index contributed by atoms with van der Waals surface area (Å²) in [6, 6.07) is 5.66. The number of ketones is 1. The van der Waals surface area contributed by atoms with Gasteiger partial charge in [-0.25, -0.2) is 9.78 Å². The first-order valence-corrected chi connectivity index (χ1v) is 19.6. The number of hydrogen-bond acceptors (Lipinski definition) is 10. The Labute approximate surface area is 316 Å². The minimum atomic E-state index is -1.42. The number of carbonyl (C=O) groups excluding carboxylic acids is 5. The summed E-state index contributed by atoms with van der Waals surface area (Å²) in [7, 11) is 0. The van der Waals surface area contributed by atoms with Crippen LogP contribution < -0.4 is 21.7 Å². The molecule has 5 amide bonds. The number of rotatable bonds is 15. The number of H-pyrrole nitrogens is 1. The Morgan fingerprint density at radius 3 is 2.30 bits per heavy atom. The van der Waals surface area contributed by atoms with Crippen LogP contribution in [0, 0.1) is 23.7 Å². The highest BCUT2D eigenvalue weighted by Gasteiger charge is 2.43. The molecular formula is C39H56N8O7. The summed E-state index contributed by atoms with van der Waals surface area (Å²) in [6.07, 6.45) is 7.55. The Hall–Kier alpha value is -4.18. The Balaban J connectivity index is 1.19. The number of morpholine rings is 1. The summed E-state index contributed by atoms with van der Waals surface area (Å²) in [6.45, 7) is 4.12. The number of aliphatic hydroxyl groups excluding tert-OH is 1. The van der Waals surface area contributed by atoms with Crippen LogP contribution in [0.2, 0.25) is 0 Å². The summed E-state index contributed by atoms with van der Waals surface area (Å²) in [4.78, 5) is 79.7. The van der Waals surface area contributed by atoms with Crippen LogP contribution in [0.1, 0.15) is 62.6 Å². The molecule has 2 bridgehead atoms. The third kappa shape index (κ3) is 10.3. The number of aliphatic hydroxyl groups is 1. The van der Waals surface area contributed by atoms with E-state index in [-0.39, 0.29) is 42.3 Å². The molecular weight excluding hydrogens is 692 g/mol. The van der Waals surface area contributed by atoms with Crippen LogP contribution in [0.3, 0.4) is 0 Å². The van der Waals surface area contributed by atoms with Gasteiger partial charge in [-0.1, -0.05) is 49.6 Å². The Morgan fingerprint density at radius 2 is 1.65 bits per heavy atom. The van der Waals surface area contributed by atoms with Crippen molar-refractivity contribution >= 4 is 29.5 Å². The number of carbonyl (C=O) groups is 5. The predicted molar refractivity (Wildman–Crippen MR) is 199 cm³/mol. The van der Waals surface area contributed by atoms with Crippen molar-refractivity contribution in [2.75, 3.05) is 45.9 Å². The van der Waals surface area contributed by atoms with E-state index in [0.717, 1.165) is 50.8 Å². The summed E-state index contributed by atoms with van der Waals surface area (Å²) in [5.74, 6) is -2.99. The molecule has 4 saturated heterocycles. The average Bonchev–Trinajstić information content (AvgIpc) is 3.72. The molecule has 3 unspecified atom stereocenters. The molecule has 15 nitrogen and oxygen atoms in total. The number of imidazole rings is 1. The van der Waals surface area contributed by atoms with Gasteiger partial charge < -0.3 is 41.0 Å². The number of amides is 5. The number of piperidine rings is 3. The van der Waals surface area contributed by atoms with Gasteiger partial charge in [0.15, 0.2) is 5.78 Å².